The van der Waals surface area contributed by atoms with Gasteiger partial charge >= 0.3 is 5.97 Å². The smallest absolute Gasteiger partial charge is 0.317 e. The van der Waals surface area contributed by atoms with Crippen LogP contribution in [0.1, 0.15) is 18.5 Å². The number of esters is 1. The molecule has 7 heteroatoms. The Bertz CT molecular complexity index is 719. The average molecular weight is 318 g/mol. The van der Waals surface area contributed by atoms with Crippen molar-refractivity contribution < 1.29 is 19.1 Å². The summed E-state index contributed by atoms with van der Waals surface area (Å²) in [4.78, 5) is 30.9. The third-order valence-corrected chi connectivity index (χ3v) is 5.23. The van der Waals surface area contributed by atoms with Crippen LogP contribution in [-0.4, -0.2) is 40.5 Å². The number of benzene rings is 1. The second-order valence-electron chi connectivity index (χ2n) is 5.59. The van der Waals surface area contributed by atoms with Crippen LogP contribution in [0.5, 0.6) is 5.75 Å². The number of rotatable bonds is 1. The van der Waals surface area contributed by atoms with E-state index < -0.39 is 23.7 Å². The summed E-state index contributed by atoms with van der Waals surface area (Å²) in [7, 11) is 1.34. The zero-order valence-electron chi connectivity index (χ0n) is 12.1. The second-order valence-corrected chi connectivity index (χ2v) is 6.53. The fourth-order valence-corrected chi connectivity index (χ4v) is 4.35. The molecular weight excluding hydrogens is 304 g/mol. The van der Waals surface area contributed by atoms with Gasteiger partial charge in [0, 0.05) is 5.56 Å². The molecule has 114 valence electrons. The minimum absolute atomic E-state index is 0.0404. The largest absolute Gasteiger partial charge is 0.469 e. The van der Waals surface area contributed by atoms with Crippen molar-refractivity contribution >= 4 is 28.8 Å². The average Bonchev–Trinajstić information content (AvgIpc) is 2.85. The van der Waals surface area contributed by atoms with E-state index in [0.29, 0.717) is 16.7 Å². The predicted octanol–water partition coefficient (Wildman–Crippen LogP) is 1.57. The molecule has 3 heterocycles. The third-order valence-electron chi connectivity index (χ3n) is 4.30. The fourth-order valence-electron chi connectivity index (χ4n) is 3.35. The van der Waals surface area contributed by atoms with Crippen LogP contribution in [0.25, 0.3) is 0 Å². The van der Waals surface area contributed by atoms with Crippen LogP contribution >= 0.6 is 11.8 Å². The van der Waals surface area contributed by atoms with E-state index in [0.717, 1.165) is 5.56 Å². The molecule has 4 rings (SSSR count). The summed E-state index contributed by atoms with van der Waals surface area (Å²) in [5.41, 5.74) is -0.242. The monoisotopic (exact) mass is 318 g/mol. The van der Waals surface area contributed by atoms with Crippen molar-refractivity contribution in [1.82, 2.24) is 4.90 Å². The predicted molar refractivity (Wildman–Crippen MR) is 80.5 cm³/mol. The lowest BCUT2D eigenvalue weighted by atomic mass is 9.80. The molecule has 0 spiro atoms. The molecule has 2 bridgehead atoms. The number of methoxy groups -OCH3 is 1. The van der Waals surface area contributed by atoms with E-state index in [1.165, 1.54) is 18.9 Å². The second kappa shape index (κ2) is 4.49. The van der Waals surface area contributed by atoms with Crippen LogP contribution in [0.4, 0.5) is 0 Å². The number of fused-ring (bicyclic) bond motifs is 6. The Labute approximate surface area is 131 Å². The number of nitrogens with zero attached hydrogens (tertiary/aromatic N) is 2. The first-order chi connectivity index (χ1) is 10.5. The Morgan fingerprint density at radius 1 is 1.50 bits per heavy atom. The van der Waals surface area contributed by atoms with E-state index in [1.54, 1.807) is 11.8 Å². The molecule has 1 aromatic rings. The number of aliphatic imine (C=N–C) groups is 1. The maximum absolute atomic E-state index is 12.4. The van der Waals surface area contributed by atoms with Gasteiger partial charge in [-0.2, -0.15) is 0 Å². The van der Waals surface area contributed by atoms with Gasteiger partial charge in [0.15, 0.2) is 5.17 Å². The lowest BCUT2D eigenvalue weighted by molar-refractivity contribution is -0.161. The number of carbonyl (C=O) groups is 2. The van der Waals surface area contributed by atoms with Crippen molar-refractivity contribution in [2.24, 2.45) is 10.9 Å². The van der Waals surface area contributed by atoms with Crippen LogP contribution in [0.15, 0.2) is 29.3 Å². The van der Waals surface area contributed by atoms with Crippen LogP contribution in [0, 0.1) is 5.92 Å². The molecule has 6 nitrogen and oxygen atoms in total. The Hall–Kier alpha value is -2.02. The Kier molecular flexibility index (Phi) is 2.78. The molecule has 1 fully saturated rings. The number of ether oxygens (including phenoxy) is 2. The zero-order chi connectivity index (χ0) is 15.5. The molecule has 1 aromatic carbocycles. The SMILES string of the molecule is COC(=O)C1C2c3ccccc3O[C@@]1(C)N=C1SCC(=O)N12. The van der Waals surface area contributed by atoms with Gasteiger partial charge in [-0.3, -0.25) is 14.5 Å². The quantitative estimate of drug-likeness (QED) is 0.735. The molecule has 3 atom stereocenters. The highest BCUT2D eigenvalue weighted by Crippen LogP contribution is 2.52. The lowest BCUT2D eigenvalue weighted by Gasteiger charge is -2.48. The molecule has 3 aliphatic rings. The topological polar surface area (TPSA) is 68.2 Å². The summed E-state index contributed by atoms with van der Waals surface area (Å²) in [5.74, 6) is -0.154. The molecule has 0 aromatic heterocycles. The summed E-state index contributed by atoms with van der Waals surface area (Å²) in [6.45, 7) is 1.77. The maximum atomic E-state index is 12.4. The summed E-state index contributed by atoms with van der Waals surface area (Å²) in [6, 6.07) is 7.02. The lowest BCUT2D eigenvalue weighted by Crippen LogP contribution is -2.59. The van der Waals surface area contributed by atoms with E-state index in [9.17, 15) is 9.59 Å². The first-order valence-electron chi connectivity index (χ1n) is 6.95. The van der Waals surface area contributed by atoms with E-state index in [1.807, 2.05) is 24.3 Å². The van der Waals surface area contributed by atoms with Crippen LogP contribution < -0.4 is 4.74 Å². The van der Waals surface area contributed by atoms with Gasteiger partial charge in [-0.05, 0) is 13.0 Å². The highest BCUT2D eigenvalue weighted by Gasteiger charge is 2.59. The van der Waals surface area contributed by atoms with Gasteiger partial charge in [-0.15, -0.1) is 0 Å². The van der Waals surface area contributed by atoms with Crippen LogP contribution in [-0.2, 0) is 14.3 Å². The first kappa shape index (κ1) is 13.6. The van der Waals surface area contributed by atoms with Gasteiger partial charge in [-0.1, -0.05) is 30.0 Å². The van der Waals surface area contributed by atoms with Crippen molar-refractivity contribution in [2.75, 3.05) is 12.9 Å². The van der Waals surface area contributed by atoms with Gasteiger partial charge in [0.2, 0.25) is 11.6 Å². The summed E-state index contributed by atoms with van der Waals surface area (Å²) >= 11 is 1.38. The van der Waals surface area contributed by atoms with Crippen molar-refractivity contribution in [3.63, 3.8) is 0 Å². The highest BCUT2D eigenvalue weighted by molar-refractivity contribution is 8.15. The fraction of sp³-hybridized carbons (Fsp3) is 0.400. The Balaban J connectivity index is 1.97. The summed E-state index contributed by atoms with van der Waals surface area (Å²) in [5, 5.41) is 0.618. The number of thioether (sulfide) groups is 1. The number of hydrogen-bond donors (Lipinski definition) is 0. The van der Waals surface area contributed by atoms with Gasteiger partial charge in [-0.25, -0.2) is 4.99 Å². The van der Waals surface area contributed by atoms with E-state index in [-0.39, 0.29) is 5.91 Å². The third kappa shape index (κ3) is 1.65. The maximum Gasteiger partial charge on any atom is 0.317 e. The number of para-hydroxylation sites is 1. The number of amidine groups is 1. The van der Waals surface area contributed by atoms with Crippen LogP contribution in [0.3, 0.4) is 0 Å². The minimum Gasteiger partial charge on any atom is -0.469 e. The van der Waals surface area contributed by atoms with Crippen molar-refractivity contribution in [1.29, 1.82) is 0 Å². The summed E-state index contributed by atoms with van der Waals surface area (Å²) < 4.78 is 11.0. The Morgan fingerprint density at radius 2 is 2.27 bits per heavy atom. The highest BCUT2D eigenvalue weighted by atomic mass is 32.2. The van der Waals surface area contributed by atoms with Gasteiger partial charge in [0.25, 0.3) is 0 Å². The molecule has 3 aliphatic heterocycles. The Morgan fingerprint density at radius 3 is 3.05 bits per heavy atom. The van der Waals surface area contributed by atoms with Gasteiger partial charge in [0.1, 0.15) is 11.7 Å². The van der Waals surface area contributed by atoms with E-state index in [4.69, 9.17) is 9.47 Å². The molecule has 0 radical (unpaired) electrons. The standard InChI is InChI=1S/C15H14N2O4S/c1-15-11(13(19)20-2)12(8-5-3-4-6-9(8)21-15)17-10(18)7-22-14(17)16-15/h3-6,11-12H,7H2,1-2H3/t11?,12?,15-/m1/s1. The first-order valence-corrected chi connectivity index (χ1v) is 7.94. The number of carbonyl (C=O) groups excluding carboxylic acids is 2. The molecule has 0 aliphatic carbocycles. The number of amides is 1. The molecule has 2 unspecified atom stereocenters. The number of hydrogen-bond acceptors (Lipinski definition) is 6. The molecular formula is C15H14N2O4S. The normalized spacial score (nSPS) is 31.8. The van der Waals surface area contributed by atoms with Gasteiger partial charge in [0.05, 0.1) is 18.9 Å². The van der Waals surface area contributed by atoms with Crippen molar-refractivity contribution in [3.8, 4) is 5.75 Å². The van der Waals surface area contributed by atoms with Crippen molar-refractivity contribution in [3.05, 3.63) is 29.8 Å². The van der Waals surface area contributed by atoms with Crippen LogP contribution in [0.2, 0.25) is 0 Å². The molecule has 0 N–H and O–H groups in total. The molecule has 1 amide bonds. The minimum atomic E-state index is -1.06. The molecule has 22 heavy (non-hydrogen) atoms. The van der Waals surface area contributed by atoms with Crippen molar-refractivity contribution in [2.45, 2.75) is 18.7 Å². The zero-order valence-corrected chi connectivity index (χ0v) is 12.9. The van der Waals surface area contributed by atoms with E-state index >= 15 is 0 Å². The molecule has 0 saturated carbocycles. The molecule has 1 saturated heterocycles. The van der Waals surface area contributed by atoms with E-state index in [2.05, 4.69) is 4.99 Å². The van der Waals surface area contributed by atoms with Gasteiger partial charge < -0.3 is 9.47 Å². The summed E-state index contributed by atoms with van der Waals surface area (Å²) in [6.07, 6.45) is 0.